The molecule has 26 heavy (non-hydrogen) atoms. The first-order valence-electron chi connectivity index (χ1n) is 9.61. The zero-order chi connectivity index (χ0) is 18.5. The minimum Gasteiger partial charge on any atom is -0.414 e. The van der Waals surface area contributed by atoms with Gasteiger partial charge in [-0.15, -0.1) is 5.10 Å². The number of H-pyrrole nitrogens is 1. The van der Waals surface area contributed by atoms with Crippen LogP contribution in [-0.4, -0.2) is 39.2 Å². The van der Waals surface area contributed by atoms with E-state index in [-0.39, 0.29) is 5.04 Å². The van der Waals surface area contributed by atoms with E-state index in [0.717, 1.165) is 47.9 Å². The normalized spacial score (nSPS) is 22.3. The van der Waals surface area contributed by atoms with Gasteiger partial charge in [0.1, 0.15) is 17.5 Å². The van der Waals surface area contributed by atoms with Crippen molar-refractivity contribution in [3.05, 3.63) is 24.3 Å². The van der Waals surface area contributed by atoms with Crippen molar-refractivity contribution in [2.75, 3.05) is 0 Å². The molecule has 6 nitrogen and oxygen atoms in total. The summed E-state index contributed by atoms with van der Waals surface area (Å²) in [7, 11) is -1.70. The lowest BCUT2D eigenvalue weighted by Gasteiger charge is -2.41. The van der Waals surface area contributed by atoms with Crippen LogP contribution < -0.4 is 0 Å². The van der Waals surface area contributed by atoms with E-state index in [1.807, 2.05) is 10.7 Å². The van der Waals surface area contributed by atoms with Gasteiger partial charge in [0.15, 0.2) is 8.32 Å². The fourth-order valence-electron chi connectivity index (χ4n) is 3.74. The van der Waals surface area contributed by atoms with Crippen molar-refractivity contribution >= 4 is 24.9 Å². The summed E-state index contributed by atoms with van der Waals surface area (Å²) in [6.45, 7) is 11.6. The maximum Gasteiger partial charge on any atom is 0.192 e. The first-order valence-corrected chi connectivity index (χ1v) is 12.5. The third-order valence-electron chi connectivity index (χ3n) is 6.33. The van der Waals surface area contributed by atoms with Gasteiger partial charge in [-0.2, -0.15) is 0 Å². The Morgan fingerprint density at radius 3 is 2.62 bits per heavy atom. The molecule has 3 heterocycles. The van der Waals surface area contributed by atoms with Gasteiger partial charge in [0.25, 0.3) is 0 Å². The molecule has 1 saturated carbocycles. The third kappa shape index (κ3) is 2.97. The molecule has 7 heteroatoms. The van der Waals surface area contributed by atoms with Crippen LogP contribution in [0.25, 0.3) is 16.6 Å². The SMILES string of the molecule is CC(C)(C)[Si](C)(C)OC1CCC(c2nnn3cnc4[nH]ccc4c23)CC1. The number of hydrogen-bond acceptors (Lipinski definition) is 4. The van der Waals surface area contributed by atoms with Gasteiger partial charge in [-0.25, -0.2) is 9.50 Å². The maximum atomic E-state index is 6.64. The van der Waals surface area contributed by atoms with Crippen molar-refractivity contribution < 1.29 is 4.43 Å². The molecule has 140 valence electrons. The van der Waals surface area contributed by atoms with E-state index in [0.29, 0.717) is 12.0 Å². The second-order valence-corrected chi connectivity index (χ2v) is 13.9. The molecule has 1 fully saturated rings. The minimum absolute atomic E-state index is 0.265. The van der Waals surface area contributed by atoms with Crippen LogP contribution in [0.3, 0.4) is 0 Å². The average Bonchev–Trinajstić information content (AvgIpc) is 3.20. The highest BCUT2D eigenvalue weighted by molar-refractivity contribution is 6.74. The smallest absolute Gasteiger partial charge is 0.192 e. The molecular formula is C19H29N5OSi. The van der Waals surface area contributed by atoms with Crippen LogP contribution in [0.5, 0.6) is 0 Å². The van der Waals surface area contributed by atoms with Crippen molar-refractivity contribution in [1.29, 1.82) is 0 Å². The molecule has 0 bridgehead atoms. The third-order valence-corrected chi connectivity index (χ3v) is 10.9. The minimum atomic E-state index is -1.70. The highest BCUT2D eigenvalue weighted by Gasteiger charge is 2.40. The van der Waals surface area contributed by atoms with Gasteiger partial charge < -0.3 is 9.41 Å². The number of fused-ring (bicyclic) bond motifs is 3. The highest BCUT2D eigenvalue weighted by Crippen LogP contribution is 2.41. The number of rotatable bonds is 3. The number of aromatic nitrogens is 5. The molecule has 0 atom stereocenters. The molecule has 3 aromatic rings. The molecule has 0 aliphatic heterocycles. The van der Waals surface area contributed by atoms with Crippen LogP contribution in [0.1, 0.15) is 58.1 Å². The fraction of sp³-hybridized carbons (Fsp3) is 0.632. The Morgan fingerprint density at radius 1 is 1.19 bits per heavy atom. The molecule has 0 radical (unpaired) electrons. The number of nitrogens with one attached hydrogen (secondary N) is 1. The van der Waals surface area contributed by atoms with Crippen molar-refractivity contribution in [1.82, 2.24) is 24.8 Å². The van der Waals surface area contributed by atoms with E-state index in [1.165, 1.54) is 0 Å². The Labute approximate surface area is 155 Å². The van der Waals surface area contributed by atoms with Gasteiger partial charge in [0.2, 0.25) is 0 Å². The van der Waals surface area contributed by atoms with E-state index in [4.69, 9.17) is 4.43 Å². The quantitative estimate of drug-likeness (QED) is 0.680. The number of nitrogens with zero attached hydrogens (tertiary/aromatic N) is 4. The Bertz CT molecular complexity index is 915. The van der Waals surface area contributed by atoms with Gasteiger partial charge in [0.05, 0.1) is 5.69 Å². The van der Waals surface area contributed by atoms with Gasteiger partial charge in [-0.3, -0.25) is 0 Å². The molecule has 1 aliphatic carbocycles. The Kier molecular flexibility index (Phi) is 4.19. The van der Waals surface area contributed by atoms with Crippen LogP contribution >= 0.6 is 0 Å². The topological polar surface area (TPSA) is 68.1 Å². The van der Waals surface area contributed by atoms with E-state index in [2.05, 4.69) is 60.2 Å². The molecule has 0 aromatic carbocycles. The molecule has 0 spiro atoms. The fourth-order valence-corrected chi connectivity index (χ4v) is 5.16. The largest absolute Gasteiger partial charge is 0.414 e. The summed E-state index contributed by atoms with van der Waals surface area (Å²) in [5.41, 5.74) is 3.11. The van der Waals surface area contributed by atoms with Crippen LogP contribution in [0, 0.1) is 0 Å². The Balaban J connectivity index is 1.52. The molecule has 1 N–H and O–H groups in total. The standard InChI is InChI=1S/C19H29N5OSi/c1-19(2,3)26(4,5)25-14-8-6-13(7-9-14)16-17-15-10-11-20-18(15)21-12-24(17)23-22-16/h10-14,20H,6-9H2,1-5H3. The first-order chi connectivity index (χ1) is 12.3. The first kappa shape index (κ1) is 17.7. The summed E-state index contributed by atoms with van der Waals surface area (Å²) in [5.74, 6) is 0.451. The lowest BCUT2D eigenvalue weighted by atomic mass is 9.85. The van der Waals surface area contributed by atoms with Gasteiger partial charge in [-0.1, -0.05) is 26.0 Å². The summed E-state index contributed by atoms with van der Waals surface area (Å²) in [5, 5.41) is 10.2. The van der Waals surface area contributed by atoms with Crippen LogP contribution in [0.15, 0.2) is 18.6 Å². The van der Waals surface area contributed by atoms with E-state index < -0.39 is 8.32 Å². The molecule has 0 unspecified atom stereocenters. The average molecular weight is 372 g/mol. The zero-order valence-corrected chi connectivity index (χ0v) is 17.4. The van der Waals surface area contributed by atoms with Crippen LogP contribution in [0.2, 0.25) is 18.1 Å². The van der Waals surface area contributed by atoms with Gasteiger partial charge in [-0.05, 0) is 49.9 Å². The molecular weight excluding hydrogens is 342 g/mol. The van der Waals surface area contributed by atoms with E-state index >= 15 is 0 Å². The summed E-state index contributed by atoms with van der Waals surface area (Å²) in [6, 6.07) is 2.07. The monoisotopic (exact) mass is 371 g/mol. The summed E-state index contributed by atoms with van der Waals surface area (Å²) >= 11 is 0. The second kappa shape index (κ2) is 6.16. The van der Waals surface area contributed by atoms with Crippen molar-refractivity contribution in [2.24, 2.45) is 0 Å². The predicted molar refractivity (Wildman–Crippen MR) is 106 cm³/mol. The Morgan fingerprint density at radius 2 is 1.92 bits per heavy atom. The molecule has 0 saturated heterocycles. The lowest BCUT2D eigenvalue weighted by molar-refractivity contribution is 0.130. The van der Waals surface area contributed by atoms with E-state index in [1.54, 1.807) is 6.33 Å². The predicted octanol–water partition coefficient (Wildman–Crippen LogP) is 4.65. The molecule has 4 rings (SSSR count). The summed E-state index contributed by atoms with van der Waals surface area (Å²) in [4.78, 5) is 7.58. The zero-order valence-electron chi connectivity index (χ0n) is 16.4. The molecule has 3 aromatic heterocycles. The maximum absolute atomic E-state index is 6.64. The molecule has 1 aliphatic rings. The van der Waals surface area contributed by atoms with Crippen molar-refractivity contribution in [2.45, 2.75) is 76.6 Å². The Hall–Kier alpha value is -1.73. The van der Waals surface area contributed by atoms with Gasteiger partial charge in [0, 0.05) is 23.6 Å². The van der Waals surface area contributed by atoms with Crippen molar-refractivity contribution in [3.8, 4) is 0 Å². The lowest BCUT2D eigenvalue weighted by Crippen LogP contribution is -2.44. The highest BCUT2D eigenvalue weighted by atomic mass is 28.4. The summed E-state index contributed by atoms with van der Waals surface area (Å²) in [6.07, 6.45) is 8.51. The summed E-state index contributed by atoms with van der Waals surface area (Å²) < 4.78 is 8.45. The number of aromatic amines is 1. The van der Waals surface area contributed by atoms with E-state index in [9.17, 15) is 0 Å². The van der Waals surface area contributed by atoms with Crippen LogP contribution in [0.4, 0.5) is 0 Å². The molecule has 0 amide bonds. The van der Waals surface area contributed by atoms with Gasteiger partial charge >= 0.3 is 0 Å². The van der Waals surface area contributed by atoms with Crippen molar-refractivity contribution in [3.63, 3.8) is 0 Å². The number of hydrogen-bond donors (Lipinski definition) is 1. The van der Waals surface area contributed by atoms with Crippen LogP contribution in [-0.2, 0) is 4.43 Å². The second-order valence-electron chi connectivity index (χ2n) is 9.10.